The maximum atomic E-state index is 5.12. The molecule has 4 aromatic rings. The van der Waals surface area contributed by atoms with Gasteiger partial charge in [0.2, 0.25) is 0 Å². The van der Waals surface area contributed by atoms with E-state index in [1.54, 1.807) is 0 Å². The fourth-order valence-corrected chi connectivity index (χ4v) is 3.18. The molecule has 0 aliphatic rings. The molecule has 28 heavy (non-hydrogen) atoms. The Morgan fingerprint density at radius 3 is 1.57 bits per heavy atom. The van der Waals surface area contributed by atoms with Gasteiger partial charge in [-0.2, -0.15) is 0 Å². The van der Waals surface area contributed by atoms with E-state index in [2.05, 4.69) is 96.8 Å². The molecule has 2 heteroatoms. The summed E-state index contributed by atoms with van der Waals surface area (Å²) in [5.74, 6) is 0.896. The highest BCUT2D eigenvalue weighted by molar-refractivity contribution is 6.15. The molecular formula is C26H22N2. The van der Waals surface area contributed by atoms with Crippen LogP contribution in [0.25, 0.3) is 0 Å². The zero-order chi connectivity index (χ0) is 19.2. The first-order chi connectivity index (χ1) is 13.8. The molecule has 0 unspecified atom stereocenters. The van der Waals surface area contributed by atoms with Crippen molar-refractivity contribution in [3.05, 3.63) is 126 Å². The molecule has 0 aliphatic carbocycles. The topological polar surface area (TPSA) is 15.6 Å². The summed E-state index contributed by atoms with van der Waals surface area (Å²) in [5, 5.41) is 0. The van der Waals surface area contributed by atoms with Crippen molar-refractivity contribution in [3.63, 3.8) is 0 Å². The highest BCUT2D eigenvalue weighted by Crippen LogP contribution is 2.30. The van der Waals surface area contributed by atoms with Gasteiger partial charge in [-0.15, -0.1) is 0 Å². The Bertz CT molecular complexity index is 1020. The van der Waals surface area contributed by atoms with Crippen LogP contribution in [-0.2, 0) is 0 Å². The minimum absolute atomic E-state index is 0.896. The Labute approximate surface area is 166 Å². The maximum absolute atomic E-state index is 5.12. The van der Waals surface area contributed by atoms with Crippen molar-refractivity contribution in [2.75, 3.05) is 4.90 Å². The Balaban J connectivity index is 1.96. The van der Waals surface area contributed by atoms with Crippen molar-refractivity contribution in [2.24, 2.45) is 4.99 Å². The Morgan fingerprint density at radius 2 is 1.04 bits per heavy atom. The number of aliphatic imine (C=N–C) groups is 1. The largest absolute Gasteiger partial charge is 0.295 e. The van der Waals surface area contributed by atoms with Crippen molar-refractivity contribution < 1.29 is 0 Å². The first kappa shape index (κ1) is 17.7. The lowest BCUT2D eigenvalue weighted by Crippen LogP contribution is -2.26. The Morgan fingerprint density at radius 1 is 0.571 bits per heavy atom. The molecule has 0 radical (unpaired) electrons. The van der Waals surface area contributed by atoms with E-state index in [9.17, 15) is 0 Å². The van der Waals surface area contributed by atoms with Gasteiger partial charge in [0, 0.05) is 16.9 Å². The monoisotopic (exact) mass is 362 g/mol. The molecular weight excluding hydrogens is 340 g/mol. The fraction of sp³-hybridized carbons (Fsp3) is 0.0385. The molecule has 136 valence electrons. The third-order valence-electron chi connectivity index (χ3n) is 4.61. The quantitative estimate of drug-likeness (QED) is 0.284. The number of para-hydroxylation sites is 3. The number of amidine groups is 1. The molecule has 4 rings (SSSR count). The van der Waals surface area contributed by atoms with Gasteiger partial charge in [-0.25, -0.2) is 4.99 Å². The first-order valence-corrected chi connectivity index (χ1v) is 9.43. The minimum Gasteiger partial charge on any atom is -0.295 e. The number of benzene rings is 4. The zero-order valence-electron chi connectivity index (χ0n) is 15.9. The van der Waals surface area contributed by atoms with Crippen molar-refractivity contribution in [2.45, 2.75) is 6.92 Å². The summed E-state index contributed by atoms with van der Waals surface area (Å²) >= 11 is 0. The van der Waals surface area contributed by atoms with Crippen LogP contribution in [0.5, 0.6) is 0 Å². The SMILES string of the molecule is Cc1ccccc1N=C(c1ccccc1)N(c1ccccc1)c1ccccc1. The van der Waals surface area contributed by atoms with Gasteiger partial charge in [0.1, 0.15) is 5.84 Å². The minimum atomic E-state index is 0.896. The summed E-state index contributed by atoms with van der Waals surface area (Å²) < 4.78 is 0. The molecule has 0 N–H and O–H groups in total. The van der Waals surface area contributed by atoms with Crippen molar-refractivity contribution in [1.82, 2.24) is 0 Å². The standard InChI is InChI=1S/C26H22N2/c1-21-13-11-12-20-25(21)27-26(22-14-5-2-6-15-22)28(23-16-7-3-8-17-23)24-18-9-4-10-19-24/h2-20H,1H3. The third-order valence-corrected chi connectivity index (χ3v) is 4.61. The van der Waals surface area contributed by atoms with E-state index >= 15 is 0 Å². The van der Waals surface area contributed by atoms with Gasteiger partial charge in [0.25, 0.3) is 0 Å². The molecule has 2 nitrogen and oxygen atoms in total. The van der Waals surface area contributed by atoms with Gasteiger partial charge in [-0.1, -0.05) is 84.9 Å². The van der Waals surface area contributed by atoms with Gasteiger partial charge in [-0.05, 0) is 42.8 Å². The van der Waals surface area contributed by atoms with Crippen LogP contribution in [0, 0.1) is 6.92 Å². The van der Waals surface area contributed by atoms with E-state index in [1.165, 1.54) is 0 Å². The number of hydrogen-bond acceptors (Lipinski definition) is 1. The van der Waals surface area contributed by atoms with E-state index in [-0.39, 0.29) is 0 Å². The van der Waals surface area contributed by atoms with Crippen LogP contribution in [0.2, 0.25) is 0 Å². The number of hydrogen-bond donors (Lipinski definition) is 0. The molecule has 0 saturated heterocycles. The number of rotatable bonds is 4. The zero-order valence-corrected chi connectivity index (χ0v) is 15.9. The maximum Gasteiger partial charge on any atom is 0.145 e. The summed E-state index contributed by atoms with van der Waals surface area (Å²) in [6, 6.07) is 39.3. The molecule has 0 heterocycles. The molecule has 0 aliphatic heterocycles. The molecule has 4 aromatic carbocycles. The average Bonchev–Trinajstić information content (AvgIpc) is 2.77. The number of nitrogens with zero attached hydrogens (tertiary/aromatic N) is 2. The van der Waals surface area contributed by atoms with Crippen molar-refractivity contribution >= 4 is 22.9 Å². The molecule has 0 atom stereocenters. The fourth-order valence-electron chi connectivity index (χ4n) is 3.18. The summed E-state index contributed by atoms with van der Waals surface area (Å²) in [6.45, 7) is 2.09. The van der Waals surface area contributed by atoms with Crippen LogP contribution in [0.4, 0.5) is 17.1 Å². The van der Waals surface area contributed by atoms with Crippen LogP contribution in [0.15, 0.2) is 120 Å². The van der Waals surface area contributed by atoms with Crippen LogP contribution in [0.1, 0.15) is 11.1 Å². The van der Waals surface area contributed by atoms with Gasteiger partial charge in [0.05, 0.1) is 5.69 Å². The predicted molar refractivity (Wildman–Crippen MR) is 119 cm³/mol. The van der Waals surface area contributed by atoms with E-state index in [4.69, 9.17) is 4.99 Å². The smallest absolute Gasteiger partial charge is 0.145 e. The highest BCUT2D eigenvalue weighted by atomic mass is 15.2. The van der Waals surface area contributed by atoms with Crippen LogP contribution in [-0.4, -0.2) is 5.84 Å². The Kier molecular flexibility index (Phi) is 5.30. The lowest BCUT2D eigenvalue weighted by Gasteiger charge is -2.27. The molecule has 0 fully saturated rings. The van der Waals surface area contributed by atoms with E-state index in [0.717, 1.165) is 34.0 Å². The predicted octanol–water partition coefficient (Wildman–Crippen LogP) is 6.91. The first-order valence-electron chi connectivity index (χ1n) is 9.43. The summed E-state index contributed by atoms with van der Waals surface area (Å²) in [4.78, 5) is 7.33. The van der Waals surface area contributed by atoms with Gasteiger partial charge < -0.3 is 0 Å². The molecule has 0 amide bonds. The lowest BCUT2D eigenvalue weighted by atomic mass is 10.1. The number of aryl methyl sites for hydroxylation is 1. The molecule has 0 aromatic heterocycles. The summed E-state index contributed by atoms with van der Waals surface area (Å²) in [5.41, 5.74) is 5.34. The molecule has 0 spiro atoms. The summed E-state index contributed by atoms with van der Waals surface area (Å²) in [6.07, 6.45) is 0. The Hall–Kier alpha value is -3.65. The van der Waals surface area contributed by atoms with E-state index in [0.29, 0.717) is 0 Å². The lowest BCUT2D eigenvalue weighted by molar-refractivity contribution is 1.29. The average molecular weight is 362 g/mol. The van der Waals surface area contributed by atoms with Crippen LogP contribution < -0.4 is 4.90 Å². The molecule has 0 bridgehead atoms. The van der Waals surface area contributed by atoms with E-state index < -0.39 is 0 Å². The third kappa shape index (κ3) is 3.86. The molecule has 0 saturated carbocycles. The second-order valence-electron chi connectivity index (χ2n) is 6.59. The summed E-state index contributed by atoms with van der Waals surface area (Å²) in [7, 11) is 0. The van der Waals surface area contributed by atoms with Gasteiger partial charge in [-0.3, -0.25) is 4.90 Å². The number of anilines is 2. The van der Waals surface area contributed by atoms with E-state index in [1.807, 2.05) is 30.3 Å². The normalized spacial score (nSPS) is 11.2. The van der Waals surface area contributed by atoms with Gasteiger partial charge >= 0.3 is 0 Å². The second kappa shape index (κ2) is 8.36. The van der Waals surface area contributed by atoms with Crippen molar-refractivity contribution in [1.29, 1.82) is 0 Å². The van der Waals surface area contributed by atoms with Crippen LogP contribution >= 0.6 is 0 Å². The van der Waals surface area contributed by atoms with Crippen LogP contribution in [0.3, 0.4) is 0 Å². The second-order valence-corrected chi connectivity index (χ2v) is 6.59. The van der Waals surface area contributed by atoms with Crippen molar-refractivity contribution in [3.8, 4) is 0 Å². The highest BCUT2D eigenvalue weighted by Gasteiger charge is 2.18. The van der Waals surface area contributed by atoms with Gasteiger partial charge in [0.15, 0.2) is 0 Å².